The number of nitrogens with zero attached hydrogens (tertiary/aromatic N) is 3. The van der Waals surface area contributed by atoms with Crippen LogP contribution in [0.5, 0.6) is 0 Å². The molecule has 0 bridgehead atoms. The molecule has 7 aliphatic rings. The van der Waals surface area contributed by atoms with E-state index in [1.807, 2.05) is 56.2 Å². The lowest BCUT2D eigenvalue weighted by molar-refractivity contribution is -0.178. The molecule has 0 spiro atoms. The number of ether oxygens (including phenoxy) is 4. The Kier molecular flexibility index (Phi) is 24.0. The van der Waals surface area contributed by atoms with Gasteiger partial charge in [0.05, 0.1) is 41.3 Å². The highest BCUT2D eigenvalue weighted by Crippen LogP contribution is 2.38. The Bertz CT molecular complexity index is 2520. The minimum Gasteiger partial charge on any atom is -0.462 e. The van der Waals surface area contributed by atoms with Crippen LogP contribution in [0.25, 0.3) is 0 Å². The average molecular weight is 1330 g/mol. The first kappa shape index (κ1) is 80.7. The molecule has 7 heterocycles. The van der Waals surface area contributed by atoms with E-state index in [0.717, 1.165) is 6.54 Å². The van der Waals surface area contributed by atoms with Crippen LogP contribution >= 0.6 is 0 Å². The van der Waals surface area contributed by atoms with Crippen molar-refractivity contribution < 1.29 is 52.5 Å². The van der Waals surface area contributed by atoms with Crippen molar-refractivity contribution in [3.05, 3.63) is 0 Å². The number of hydrogen-bond acceptors (Lipinski definition) is 18. The second-order valence-electron chi connectivity index (χ2n) is 38.5. The number of amides is 3. The summed E-state index contributed by atoms with van der Waals surface area (Å²) in [5, 5.41) is 24.6. The van der Waals surface area contributed by atoms with Crippen LogP contribution in [-0.2, 0) is 52.5 Å². The monoisotopic (exact) mass is 1330 g/mol. The zero-order valence-electron chi connectivity index (χ0n) is 64.5. The van der Waals surface area contributed by atoms with E-state index < -0.39 is 89.6 Å². The summed E-state index contributed by atoms with van der Waals surface area (Å²) in [5.41, 5.74) is -4.33. The summed E-state index contributed by atoms with van der Waals surface area (Å²) >= 11 is 0. The Balaban J connectivity index is 0.000000341. The maximum atomic E-state index is 14.6. The van der Waals surface area contributed by atoms with Gasteiger partial charge in [-0.15, -0.1) is 0 Å². The van der Waals surface area contributed by atoms with Crippen LogP contribution in [-0.4, -0.2) is 197 Å². The molecule has 7 aliphatic heterocycles. The number of nitrogens with one attached hydrogen (secondary N) is 7. The van der Waals surface area contributed by atoms with Gasteiger partial charge in [-0.2, -0.15) is 0 Å². The molecule has 7 saturated heterocycles. The summed E-state index contributed by atoms with van der Waals surface area (Å²) in [5.74, 6) is -4.93. The summed E-state index contributed by atoms with van der Waals surface area (Å²) in [4.78, 5) is 100. The first-order valence-electron chi connectivity index (χ1n) is 35.2. The van der Waals surface area contributed by atoms with Crippen LogP contribution in [0.3, 0.4) is 0 Å². The standard InChI is InChI=1S/C44H78N4O8.C18H34N4O2.C11H22N2O/c1-37(2)19-27(20-38(3,4)45-37)53-33(49)17-31(35(51)55-29-23-41(9,10)47-42(11,12)24-29)32(36(52)56-30-25-43(13,14)48-44(15,16)26-30)18-34(50)54-28-21-39(5,6)46-40(7,8)22-28;1-15(2)11-21(13(23)17(5,6)19-15)9-10-22-12-16(3,4)20-18(7,8)14(22)24;1-8(2)13-7-10(3,4)12-11(5,6)9(13)14/h27-32,45-48H,17-26H2,1-16H3;19-20H,9-12H2,1-8H3;8,12H,7H2,1-6H3. The third kappa shape index (κ3) is 23.6. The van der Waals surface area contributed by atoms with Crippen molar-refractivity contribution in [2.24, 2.45) is 11.8 Å². The number of carbonyl (C=O) groups is 7. The van der Waals surface area contributed by atoms with Crippen LogP contribution in [0.2, 0.25) is 0 Å². The Morgan fingerprint density at radius 2 is 0.564 bits per heavy atom. The van der Waals surface area contributed by atoms with E-state index in [4.69, 9.17) is 18.9 Å². The Morgan fingerprint density at radius 3 is 0.809 bits per heavy atom. The molecule has 542 valence electrons. The number of hydrogen-bond donors (Lipinski definition) is 7. The van der Waals surface area contributed by atoms with Crippen LogP contribution in [0.1, 0.15) is 272 Å². The fraction of sp³-hybridized carbons (Fsp3) is 0.904. The summed E-state index contributed by atoms with van der Waals surface area (Å²) in [6, 6.07) is 0.281. The van der Waals surface area contributed by atoms with Crippen molar-refractivity contribution in [3.63, 3.8) is 0 Å². The highest BCUT2D eigenvalue weighted by molar-refractivity contribution is 5.90. The van der Waals surface area contributed by atoms with Crippen LogP contribution in [0, 0.1) is 11.8 Å². The molecule has 0 aromatic heterocycles. The second kappa shape index (κ2) is 28.0. The van der Waals surface area contributed by atoms with E-state index in [1.165, 1.54) is 0 Å². The summed E-state index contributed by atoms with van der Waals surface area (Å²) in [6.07, 6.45) is 1.83. The number of esters is 4. The van der Waals surface area contributed by atoms with Gasteiger partial charge in [-0.05, 0) is 208 Å². The Labute approximate surface area is 568 Å². The number of piperazine rings is 3. The van der Waals surface area contributed by atoms with Gasteiger partial charge in [0, 0.05) is 151 Å². The fourth-order valence-electron chi connectivity index (χ4n) is 17.9. The van der Waals surface area contributed by atoms with Crippen molar-refractivity contribution in [2.75, 3.05) is 32.7 Å². The fourth-order valence-corrected chi connectivity index (χ4v) is 17.9. The molecule has 0 radical (unpaired) electrons. The molecule has 7 fully saturated rings. The zero-order chi connectivity index (χ0) is 72.2. The van der Waals surface area contributed by atoms with Crippen LogP contribution < -0.4 is 37.2 Å². The SMILES string of the molecule is CC(C)N1CC(C)(C)NC(C)(C)C1=O.CC1(C)CC(OC(=O)CC(C(=O)OC2CC(C)(C)NC(C)(C)C2)C(CC(=O)OC2CC(C)(C)NC(C)(C)C2)C(=O)OC2CC(C)(C)NC(C)(C)C2)CC(C)(C)N1.CC1(C)CN(CCN2CC(C)(C)NC(C)(C)C2=O)C(=O)C(C)(C)N1. The molecule has 2 atom stereocenters. The highest BCUT2D eigenvalue weighted by Gasteiger charge is 2.51. The molecule has 0 aliphatic carbocycles. The normalized spacial score (nSPS) is 27.6. The van der Waals surface area contributed by atoms with Crippen molar-refractivity contribution in [3.8, 4) is 0 Å². The van der Waals surface area contributed by atoms with Gasteiger partial charge in [-0.3, -0.25) is 49.5 Å². The Morgan fingerprint density at radius 1 is 0.340 bits per heavy atom. The minimum atomic E-state index is -1.34. The van der Waals surface area contributed by atoms with Gasteiger partial charge in [0.15, 0.2) is 0 Å². The molecule has 3 amide bonds. The third-order valence-corrected chi connectivity index (χ3v) is 19.0. The largest absolute Gasteiger partial charge is 0.462 e. The van der Waals surface area contributed by atoms with Gasteiger partial charge in [-0.1, -0.05) is 0 Å². The lowest BCUT2D eigenvalue weighted by atomic mass is 9.80. The molecular formula is C73H134N10O11. The smallest absolute Gasteiger partial charge is 0.310 e. The van der Waals surface area contributed by atoms with Crippen molar-refractivity contribution in [1.29, 1.82) is 0 Å². The molecule has 7 N–H and O–H groups in total. The van der Waals surface area contributed by atoms with Gasteiger partial charge in [-0.25, -0.2) is 0 Å². The molecule has 0 saturated carbocycles. The minimum absolute atomic E-state index is 0.00167. The highest BCUT2D eigenvalue weighted by atomic mass is 16.6. The first-order chi connectivity index (χ1) is 41.9. The van der Waals surface area contributed by atoms with Gasteiger partial charge < -0.3 is 54.9 Å². The van der Waals surface area contributed by atoms with E-state index in [9.17, 15) is 33.6 Å². The van der Waals surface area contributed by atoms with Gasteiger partial charge in [0.1, 0.15) is 24.4 Å². The molecule has 2 unspecified atom stereocenters. The second-order valence-corrected chi connectivity index (χ2v) is 38.5. The van der Waals surface area contributed by atoms with E-state index in [2.05, 4.69) is 203 Å². The number of carbonyl (C=O) groups excluding carboxylic acids is 7. The lowest BCUT2D eigenvalue weighted by Gasteiger charge is -2.50. The molecule has 94 heavy (non-hydrogen) atoms. The van der Waals surface area contributed by atoms with Gasteiger partial charge in [0.25, 0.3) is 0 Å². The average Bonchev–Trinajstić information content (AvgIpc) is 0.792. The molecule has 21 nitrogen and oxygen atoms in total. The summed E-state index contributed by atoms with van der Waals surface area (Å²) in [7, 11) is 0. The first-order valence-corrected chi connectivity index (χ1v) is 35.2. The zero-order valence-corrected chi connectivity index (χ0v) is 64.5. The maximum Gasteiger partial charge on any atom is 0.310 e. The maximum absolute atomic E-state index is 14.6. The number of rotatable bonds is 15. The van der Waals surface area contributed by atoms with Crippen LogP contribution in [0.15, 0.2) is 0 Å². The molecule has 7 rings (SSSR count). The predicted molar refractivity (Wildman–Crippen MR) is 372 cm³/mol. The summed E-state index contributed by atoms with van der Waals surface area (Å²) < 4.78 is 24.8. The van der Waals surface area contributed by atoms with Crippen molar-refractivity contribution >= 4 is 41.6 Å². The molecular weight excluding hydrogens is 1190 g/mol. The van der Waals surface area contributed by atoms with Crippen molar-refractivity contribution in [2.45, 2.75) is 380 Å². The third-order valence-electron chi connectivity index (χ3n) is 19.0. The number of piperidine rings is 4. The molecule has 0 aromatic rings. The topological polar surface area (TPSA) is 250 Å². The quantitative estimate of drug-likeness (QED) is 0.0598. The molecule has 0 aromatic carbocycles. The van der Waals surface area contributed by atoms with E-state index in [1.54, 1.807) is 0 Å². The van der Waals surface area contributed by atoms with Crippen molar-refractivity contribution in [1.82, 2.24) is 51.9 Å². The predicted octanol–water partition coefficient (Wildman–Crippen LogP) is 8.76. The Hall–Kier alpha value is -3.99. The van der Waals surface area contributed by atoms with Gasteiger partial charge in [0.2, 0.25) is 17.7 Å². The van der Waals surface area contributed by atoms with Crippen LogP contribution in [0.4, 0.5) is 0 Å². The summed E-state index contributed by atoms with van der Waals surface area (Å²) in [6.45, 7) is 64.7. The van der Waals surface area contributed by atoms with Gasteiger partial charge >= 0.3 is 23.9 Å². The lowest BCUT2D eigenvalue weighted by Crippen LogP contribution is -2.72. The molecule has 21 heteroatoms. The van der Waals surface area contributed by atoms with E-state index in [-0.39, 0.29) is 84.7 Å². The van der Waals surface area contributed by atoms with E-state index >= 15 is 0 Å². The van der Waals surface area contributed by atoms with E-state index in [0.29, 0.717) is 77.5 Å².